The van der Waals surface area contributed by atoms with Gasteiger partial charge >= 0.3 is 0 Å². The van der Waals surface area contributed by atoms with Crippen LogP contribution in [0.2, 0.25) is 25.7 Å². The molecule has 10 heteroatoms. The molecule has 1 aliphatic rings. The number of anilines is 1. The predicted octanol–water partition coefficient (Wildman–Crippen LogP) is 6.83. The highest BCUT2D eigenvalue weighted by Gasteiger charge is 2.34. The lowest BCUT2D eigenvalue weighted by molar-refractivity contribution is -0.119. The zero-order chi connectivity index (χ0) is 32.2. The molecule has 0 unspecified atom stereocenters. The van der Waals surface area contributed by atoms with Crippen LogP contribution < -0.4 is 10.6 Å². The summed E-state index contributed by atoms with van der Waals surface area (Å²) in [5.41, 5.74) is 5.92. The van der Waals surface area contributed by atoms with Crippen molar-refractivity contribution in [3.05, 3.63) is 53.1 Å². The normalized spacial score (nSPS) is 15.3. The lowest BCUT2D eigenvalue weighted by atomic mass is 9.83. The van der Waals surface area contributed by atoms with Crippen LogP contribution in [0.25, 0.3) is 11.1 Å². The zero-order valence-electron chi connectivity index (χ0n) is 28.2. The van der Waals surface area contributed by atoms with Crippen LogP contribution in [-0.2, 0) is 28.7 Å². The molecule has 9 nitrogen and oxygen atoms in total. The summed E-state index contributed by atoms with van der Waals surface area (Å²) < 4.78 is 9.48. The Kier molecular flexibility index (Phi) is 10.6. The molecule has 1 saturated carbocycles. The summed E-state index contributed by atoms with van der Waals surface area (Å²) in [6.45, 7) is 18.5. The Labute approximate surface area is 264 Å². The largest absolute Gasteiger partial charge is 0.360 e. The Morgan fingerprint density at radius 2 is 1.73 bits per heavy atom. The highest BCUT2D eigenvalue weighted by atomic mass is 28.3. The van der Waals surface area contributed by atoms with E-state index in [9.17, 15) is 9.59 Å². The maximum atomic E-state index is 13.8. The van der Waals surface area contributed by atoms with E-state index in [1.807, 2.05) is 35.9 Å². The average molecular weight is 621 g/mol. The van der Waals surface area contributed by atoms with Crippen molar-refractivity contribution in [1.29, 1.82) is 0 Å². The van der Waals surface area contributed by atoms with E-state index in [0.717, 1.165) is 72.8 Å². The predicted molar refractivity (Wildman–Crippen MR) is 180 cm³/mol. The Bertz CT molecular complexity index is 1440. The van der Waals surface area contributed by atoms with Crippen LogP contribution in [0.15, 0.2) is 30.5 Å². The number of carbonyl (C=O) groups excluding carboxylic acids is 2. The first-order chi connectivity index (χ1) is 20.7. The molecular formula is C34H52N6O3Si. The first-order valence-corrected chi connectivity index (χ1v) is 19.7. The zero-order valence-corrected chi connectivity index (χ0v) is 29.2. The van der Waals surface area contributed by atoms with Crippen LogP contribution in [0.4, 0.5) is 5.69 Å². The molecule has 2 heterocycles. The molecule has 0 saturated heterocycles. The van der Waals surface area contributed by atoms with Gasteiger partial charge in [-0.25, -0.2) is 4.68 Å². The van der Waals surface area contributed by atoms with Gasteiger partial charge in [-0.1, -0.05) is 71.8 Å². The van der Waals surface area contributed by atoms with Gasteiger partial charge in [0.05, 0.1) is 11.9 Å². The SMILES string of the molecule is Cc1nn(COCC[Si](C)(C)C)c(C)c1-c1ccc(NC(=O)[C@@H](NC(=O)c2c(C(C)(C)C)cnn2C)C2CCCCC2)cc1. The minimum absolute atomic E-state index is 0.0855. The van der Waals surface area contributed by atoms with Crippen LogP contribution in [0.1, 0.15) is 80.3 Å². The Morgan fingerprint density at radius 3 is 2.34 bits per heavy atom. The molecule has 1 aliphatic carbocycles. The summed E-state index contributed by atoms with van der Waals surface area (Å²) in [4.78, 5) is 27.4. The number of hydrogen-bond donors (Lipinski definition) is 2. The minimum Gasteiger partial charge on any atom is -0.360 e. The fourth-order valence-electron chi connectivity index (χ4n) is 6.04. The lowest BCUT2D eigenvalue weighted by Crippen LogP contribution is -2.49. The molecule has 3 aromatic rings. The van der Waals surface area contributed by atoms with Gasteiger partial charge in [0.1, 0.15) is 18.5 Å². The van der Waals surface area contributed by atoms with E-state index < -0.39 is 14.1 Å². The van der Waals surface area contributed by atoms with Crippen molar-refractivity contribution >= 4 is 25.6 Å². The van der Waals surface area contributed by atoms with Crippen LogP contribution in [-0.4, -0.2) is 52.1 Å². The van der Waals surface area contributed by atoms with Crippen molar-refractivity contribution in [2.45, 2.75) is 111 Å². The third-order valence-electron chi connectivity index (χ3n) is 8.68. The molecular weight excluding hydrogens is 568 g/mol. The van der Waals surface area contributed by atoms with Gasteiger partial charge in [-0.2, -0.15) is 10.2 Å². The van der Waals surface area contributed by atoms with E-state index in [2.05, 4.69) is 63.1 Å². The van der Waals surface area contributed by atoms with Crippen molar-refractivity contribution in [2.24, 2.45) is 13.0 Å². The fourth-order valence-corrected chi connectivity index (χ4v) is 6.80. The smallest absolute Gasteiger partial charge is 0.270 e. The fraction of sp³-hybridized carbons (Fsp3) is 0.588. The number of carbonyl (C=O) groups is 2. The number of hydrogen-bond acceptors (Lipinski definition) is 5. The van der Waals surface area contributed by atoms with E-state index in [-0.39, 0.29) is 23.1 Å². The van der Waals surface area contributed by atoms with Crippen molar-refractivity contribution in [2.75, 3.05) is 11.9 Å². The minimum atomic E-state index is -1.14. The topological polar surface area (TPSA) is 103 Å². The molecule has 1 atom stereocenters. The van der Waals surface area contributed by atoms with E-state index in [1.54, 1.807) is 17.9 Å². The monoisotopic (exact) mass is 620 g/mol. The van der Waals surface area contributed by atoms with Gasteiger partial charge in [0.25, 0.3) is 5.91 Å². The van der Waals surface area contributed by atoms with E-state index in [1.165, 1.54) is 0 Å². The standard InChI is InChI=1S/C34H52N6O3Si/c1-23-29(24(2)40(38-23)22-43-19-20-44(7,8)9)25-15-17-27(18-16-25)36-32(41)30(26-13-11-10-12-14-26)37-33(42)31-28(34(3,4)5)21-35-39(31)6/h15-18,21,26,30H,10-14,19-20,22H2,1-9H3,(H,36,41)(H,37,42)/t30-/m0/s1. The summed E-state index contributed by atoms with van der Waals surface area (Å²) in [5.74, 6) is -0.362. The number of aromatic nitrogens is 4. The molecule has 2 amide bonds. The summed E-state index contributed by atoms with van der Waals surface area (Å²) in [6.07, 6.45) is 6.87. The second kappa shape index (κ2) is 13.8. The molecule has 0 bridgehead atoms. The van der Waals surface area contributed by atoms with Crippen molar-refractivity contribution in [1.82, 2.24) is 24.9 Å². The Morgan fingerprint density at radius 1 is 1.07 bits per heavy atom. The maximum Gasteiger partial charge on any atom is 0.270 e. The van der Waals surface area contributed by atoms with Gasteiger partial charge in [0, 0.05) is 44.2 Å². The van der Waals surface area contributed by atoms with E-state index in [0.29, 0.717) is 18.1 Å². The van der Waals surface area contributed by atoms with Crippen LogP contribution in [0.5, 0.6) is 0 Å². The number of rotatable bonds is 11. The number of nitrogens with zero attached hydrogens (tertiary/aromatic N) is 4. The molecule has 1 fully saturated rings. The third kappa shape index (κ3) is 8.27. The number of benzene rings is 1. The molecule has 0 spiro atoms. The quantitative estimate of drug-likeness (QED) is 0.181. The van der Waals surface area contributed by atoms with E-state index in [4.69, 9.17) is 9.84 Å². The molecule has 0 radical (unpaired) electrons. The average Bonchev–Trinajstić information content (AvgIpc) is 3.48. The molecule has 1 aromatic carbocycles. The number of nitrogens with one attached hydrogen (secondary N) is 2. The highest BCUT2D eigenvalue weighted by molar-refractivity contribution is 6.76. The second-order valence-electron chi connectivity index (χ2n) is 14.6. The van der Waals surface area contributed by atoms with Crippen LogP contribution in [0.3, 0.4) is 0 Å². The summed E-state index contributed by atoms with van der Waals surface area (Å²) in [5, 5.41) is 15.3. The third-order valence-corrected chi connectivity index (χ3v) is 10.4. The van der Waals surface area contributed by atoms with Crippen LogP contribution >= 0.6 is 0 Å². The first kappa shape index (κ1) is 33.6. The Hall–Kier alpha value is -3.24. The van der Waals surface area contributed by atoms with Gasteiger partial charge in [0.15, 0.2) is 0 Å². The van der Waals surface area contributed by atoms with Gasteiger partial charge < -0.3 is 15.4 Å². The van der Waals surface area contributed by atoms with Crippen molar-refractivity contribution < 1.29 is 14.3 Å². The molecule has 2 aromatic heterocycles. The molecule has 44 heavy (non-hydrogen) atoms. The van der Waals surface area contributed by atoms with Gasteiger partial charge in [-0.15, -0.1) is 0 Å². The van der Waals surface area contributed by atoms with Gasteiger partial charge in [0.2, 0.25) is 5.91 Å². The Balaban J connectivity index is 1.48. The number of ether oxygens (including phenoxy) is 1. The van der Waals surface area contributed by atoms with Gasteiger partial charge in [-0.05, 0) is 61.8 Å². The van der Waals surface area contributed by atoms with Crippen molar-refractivity contribution in [3.63, 3.8) is 0 Å². The first-order valence-electron chi connectivity index (χ1n) is 16.0. The van der Waals surface area contributed by atoms with Gasteiger partial charge in [-0.3, -0.25) is 14.3 Å². The number of amides is 2. The van der Waals surface area contributed by atoms with E-state index >= 15 is 0 Å². The summed E-state index contributed by atoms with van der Waals surface area (Å²) >= 11 is 0. The highest BCUT2D eigenvalue weighted by Crippen LogP contribution is 2.31. The molecule has 4 rings (SSSR count). The molecule has 240 valence electrons. The molecule has 0 aliphatic heterocycles. The van der Waals surface area contributed by atoms with Crippen LogP contribution in [0, 0.1) is 19.8 Å². The molecule has 2 N–H and O–H groups in total. The summed E-state index contributed by atoms with van der Waals surface area (Å²) in [7, 11) is 0.631. The maximum absolute atomic E-state index is 13.8. The second-order valence-corrected chi connectivity index (χ2v) is 20.2. The number of aryl methyl sites for hydroxylation is 2. The summed E-state index contributed by atoms with van der Waals surface area (Å²) in [6, 6.07) is 8.37. The lowest BCUT2D eigenvalue weighted by Gasteiger charge is -2.30. The van der Waals surface area contributed by atoms with Crippen molar-refractivity contribution in [3.8, 4) is 11.1 Å².